The second kappa shape index (κ2) is 7.71. The van der Waals surface area contributed by atoms with E-state index in [1.165, 1.54) is 0 Å². The highest BCUT2D eigenvalue weighted by Gasteiger charge is 2.22. The van der Waals surface area contributed by atoms with Crippen molar-refractivity contribution in [1.29, 1.82) is 0 Å². The van der Waals surface area contributed by atoms with Gasteiger partial charge in [-0.2, -0.15) is 0 Å². The number of nitrogens with one attached hydrogen (secondary N) is 1. The first-order valence-electron chi connectivity index (χ1n) is 6.33. The number of thioether (sulfide) groups is 1. The van der Waals surface area contributed by atoms with Crippen molar-refractivity contribution in [3.05, 3.63) is 18.6 Å². The number of rotatable bonds is 8. The standard InChI is InChI=1S/C13H23N3OS/c1-11(2)16-13(3,10-17)5-4-8-18-12-9-14-6-7-15-12/h6-7,9,11,16-17H,4-5,8,10H2,1-3H3. The zero-order valence-corrected chi connectivity index (χ0v) is 12.2. The minimum absolute atomic E-state index is 0.168. The zero-order chi connectivity index (χ0) is 13.4. The summed E-state index contributed by atoms with van der Waals surface area (Å²) in [6, 6.07) is 0.384. The fraction of sp³-hybridized carbons (Fsp3) is 0.692. The Kier molecular flexibility index (Phi) is 6.60. The lowest BCUT2D eigenvalue weighted by molar-refractivity contribution is 0.156. The van der Waals surface area contributed by atoms with Gasteiger partial charge in [0.15, 0.2) is 0 Å². The molecule has 0 radical (unpaired) electrons. The van der Waals surface area contributed by atoms with Crippen LogP contribution >= 0.6 is 11.8 Å². The van der Waals surface area contributed by atoms with Crippen LogP contribution in [0.15, 0.2) is 23.6 Å². The van der Waals surface area contributed by atoms with Gasteiger partial charge in [-0.3, -0.25) is 4.98 Å². The van der Waals surface area contributed by atoms with E-state index >= 15 is 0 Å². The van der Waals surface area contributed by atoms with E-state index in [4.69, 9.17) is 0 Å². The van der Waals surface area contributed by atoms with Crippen LogP contribution < -0.4 is 5.32 Å². The lowest BCUT2D eigenvalue weighted by atomic mass is 9.96. The van der Waals surface area contributed by atoms with E-state index in [0.717, 1.165) is 23.6 Å². The molecule has 0 aliphatic heterocycles. The van der Waals surface area contributed by atoms with Gasteiger partial charge in [-0.25, -0.2) is 4.98 Å². The third-order valence-electron chi connectivity index (χ3n) is 2.65. The predicted molar refractivity (Wildman–Crippen MR) is 75.8 cm³/mol. The first kappa shape index (κ1) is 15.4. The van der Waals surface area contributed by atoms with E-state index in [9.17, 15) is 5.11 Å². The summed E-state index contributed by atoms with van der Waals surface area (Å²) in [6.07, 6.45) is 7.16. The van der Waals surface area contributed by atoms with Crippen LogP contribution in [-0.4, -0.2) is 39.0 Å². The number of aliphatic hydroxyl groups excluding tert-OH is 1. The number of aromatic nitrogens is 2. The van der Waals surface area contributed by atoms with Crippen molar-refractivity contribution in [1.82, 2.24) is 15.3 Å². The summed E-state index contributed by atoms with van der Waals surface area (Å²) in [4.78, 5) is 8.25. The summed E-state index contributed by atoms with van der Waals surface area (Å²) in [6.45, 7) is 6.44. The summed E-state index contributed by atoms with van der Waals surface area (Å²) < 4.78 is 0. The maximum Gasteiger partial charge on any atom is 0.114 e. The van der Waals surface area contributed by atoms with Gasteiger partial charge in [0, 0.05) is 24.0 Å². The van der Waals surface area contributed by atoms with Gasteiger partial charge in [0.05, 0.1) is 12.8 Å². The Morgan fingerprint density at radius 3 is 2.78 bits per heavy atom. The van der Waals surface area contributed by atoms with Crippen LogP contribution in [0.3, 0.4) is 0 Å². The molecule has 0 saturated heterocycles. The molecule has 0 fully saturated rings. The molecule has 0 bridgehead atoms. The van der Waals surface area contributed by atoms with Crippen LogP contribution in [0.1, 0.15) is 33.6 Å². The van der Waals surface area contributed by atoms with Crippen LogP contribution in [0.2, 0.25) is 0 Å². The minimum atomic E-state index is -0.183. The highest BCUT2D eigenvalue weighted by molar-refractivity contribution is 7.99. The van der Waals surface area contributed by atoms with Gasteiger partial charge in [0.2, 0.25) is 0 Å². The van der Waals surface area contributed by atoms with E-state index in [0.29, 0.717) is 6.04 Å². The number of aliphatic hydroxyl groups is 1. The van der Waals surface area contributed by atoms with E-state index in [-0.39, 0.29) is 12.1 Å². The second-order valence-corrected chi connectivity index (χ2v) is 6.13. The normalized spacial score (nSPS) is 14.7. The van der Waals surface area contributed by atoms with Crippen molar-refractivity contribution < 1.29 is 5.11 Å². The fourth-order valence-electron chi connectivity index (χ4n) is 1.89. The molecule has 0 saturated carbocycles. The number of hydrogen-bond donors (Lipinski definition) is 2. The lowest BCUT2D eigenvalue weighted by Crippen LogP contribution is -2.49. The van der Waals surface area contributed by atoms with Crippen molar-refractivity contribution >= 4 is 11.8 Å². The maximum absolute atomic E-state index is 9.46. The van der Waals surface area contributed by atoms with E-state index in [2.05, 4.69) is 36.1 Å². The molecular formula is C13H23N3OS. The summed E-state index contributed by atoms with van der Waals surface area (Å²) in [5.41, 5.74) is -0.183. The predicted octanol–water partition coefficient (Wildman–Crippen LogP) is 2.10. The average Bonchev–Trinajstić information content (AvgIpc) is 2.35. The van der Waals surface area contributed by atoms with Crippen LogP contribution in [0.4, 0.5) is 0 Å². The molecule has 1 rings (SSSR count). The largest absolute Gasteiger partial charge is 0.394 e. The third-order valence-corrected chi connectivity index (χ3v) is 3.65. The monoisotopic (exact) mass is 269 g/mol. The molecule has 5 heteroatoms. The van der Waals surface area contributed by atoms with Crippen molar-refractivity contribution in [2.45, 2.75) is 50.2 Å². The van der Waals surface area contributed by atoms with Crippen LogP contribution in [0.25, 0.3) is 0 Å². The van der Waals surface area contributed by atoms with Gasteiger partial charge in [-0.1, -0.05) is 13.8 Å². The molecule has 0 aliphatic rings. The molecule has 1 unspecified atom stereocenters. The van der Waals surface area contributed by atoms with Gasteiger partial charge in [-0.05, 0) is 25.5 Å². The molecule has 1 aromatic rings. The molecule has 2 N–H and O–H groups in total. The van der Waals surface area contributed by atoms with Gasteiger partial charge in [0.25, 0.3) is 0 Å². The smallest absolute Gasteiger partial charge is 0.114 e. The lowest BCUT2D eigenvalue weighted by Gasteiger charge is -2.31. The molecule has 1 aromatic heterocycles. The summed E-state index contributed by atoms with van der Waals surface area (Å²) in [5.74, 6) is 0.994. The van der Waals surface area contributed by atoms with Crippen molar-refractivity contribution in [2.75, 3.05) is 12.4 Å². The molecule has 1 heterocycles. The molecule has 102 valence electrons. The van der Waals surface area contributed by atoms with Crippen molar-refractivity contribution in [2.24, 2.45) is 0 Å². The topological polar surface area (TPSA) is 58.0 Å². The van der Waals surface area contributed by atoms with Gasteiger partial charge < -0.3 is 10.4 Å². The number of hydrogen-bond acceptors (Lipinski definition) is 5. The Morgan fingerprint density at radius 1 is 1.44 bits per heavy atom. The number of nitrogens with zero attached hydrogens (tertiary/aromatic N) is 2. The third kappa shape index (κ3) is 5.80. The first-order valence-corrected chi connectivity index (χ1v) is 7.32. The van der Waals surface area contributed by atoms with E-state index in [1.807, 2.05) is 0 Å². The van der Waals surface area contributed by atoms with Crippen molar-refractivity contribution in [3.8, 4) is 0 Å². The first-order chi connectivity index (χ1) is 8.56. The van der Waals surface area contributed by atoms with E-state index in [1.54, 1.807) is 30.4 Å². The highest BCUT2D eigenvalue weighted by atomic mass is 32.2. The van der Waals surface area contributed by atoms with Crippen LogP contribution in [-0.2, 0) is 0 Å². The quantitative estimate of drug-likeness (QED) is 0.559. The molecule has 0 aromatic carbocycles. The summed E-state index contributed by atoms with van der Waals surface area (Å²) in [5, 5.41) is 13.8. The summed E-state index contributed by atoms with van der Waals surface area (Å²) >= 11 is 1.71. The molecular weight excluding hydrogens is 246 g/mol. The SMILES string of the molecule is CC(C)NC(C)(CO)CCCSc1cnccn1. The Morgan fingerprint density at radius 2 is 2.22 bits per heavy atom. The van der Waals surface area contributed by atoms with E-state index < -0.39 is 0 Å². The Bertz CT molecular complexity index is 334. The second-order valence-electron chi connectivity index (χ2n) is 5.01. The van der Waals surface area contributed by atoms with Crippen LogP contribution in [0, 0.1) is 0 Å². The Hall–Kier alpha value is -0.650. The molecule has 1 atom stereocenters. The molecule has 4 nitrogen and oxygen atoms in total. The average molecular weight is 269 g/mol. The molecule has 0 spiro atoms. The minimum Gasteiger partial charge on any atom is -0.394 e. The molecule has 18 heavy (non-hydrogen) atoms. The fourth-order valence-corrected chi connectivity index (χ4v) is 2.66. The molecule has 0 aliphatic carbocycles. The Balaban J connectivity index is 2.27. The van der Waals surface area contributed by atoms with Gasteiger partial charge in [-0.15, -0.1) is 11.8 Å². The van der Waals surface area contributed by atoms with Gasteiger partial charge in [0.1, 0.15) is 5.03 Å². The van der Waals surface area contributed by atoms with Crippen molar-refractivity contribution in [3.63, 3.8) is 0 Å². The van der Waals surface area contributed by atoms with Gasteiger partial charge >= 0.3 is 0 Å². The highest BCUT2D eigenvalue weighted by Crippen LogP contribution is 2.19. The molecule has 0 amide bonds. The van der Waals surface area contributed by atoms with Crippen LogP contribution in [0.5, 0.6) is 0 Å². The zero-order valence-electron chi connectivity index (χ0n) is 11.4. The Labute approximate surface area is 114 Å². The summed E-state index contributed by atoms with van der Waals surface area (Å²) in [7, 11) is 0. The maximum atomic E-state index is 9.46.